The Kier molecular flexibility index (Phi) is 3.13. The van der Waals surface area contributed by atoms with Gasteiger partial charge in [-0.2, -0.15) is 0 Å². The van der Waals surface area contributed by atoms with E-state index in [0.717, 1.165) is 41.9 Å². The van der Waals surface area contributed by atoms with Crippen molar-refractivity contribution in [3.05, 3.63) is 28.2 Å². The fourth-order valence-electron chi connectivity index (χ4n) is 2.77. The maximum absolute atomic E-state index is 12.4. The van der Waals surface area contributed by atoms with Gasteiger partial charge in [0.15, 0.2) is 0 Å². The van der Waals surface area contributed by atoms with Gasteiger partial charge < -0.3 is 10.2 Å². The molecule has 0 radical (unpaired) electrons. The Balaban J connectivity index is 1.98. The SMILES string of the molecule is CN1C(=O)C(N2CCNCC2)c2ccc(Br)cc21. The smallest absolute Gasteiger partial charge is 0.248 e. The van der Waals surface area contributed by atoms with Crippen LogP contribution < -0.4 is 10.2 Å². The Bertz CT molecular complexity index is 485. The monoisotopic (exact) mass is 309 g/mol. The van der Waals surface area contributed by atoms with Crippen LogP contribution in [0.4, 0.5) is 5.69 Å². The van der Waals surface area contributed by atoms with E-state index in [9.17, 15) is 4.79 Å². The highest BCUT2D eigenvalue weighted by Crippen LogP contribution is 2.39. The van der Waals surface area contributed by atoms with E-state index >= 15 is 0 Å². The van der Waals surface area contributed by atoms with E-state index in [-0.39, 0.29) is 11.9 Å². The minimum absolute atomic E-state index is 0.0970. The number of nitrogens with one attached hydrogen (secondary N) is 1. The maximum atomic E-state index is 12.4. The number of likely N-dealkylation sites (N-methyl/N-ethyl adjacent to an activating group) is 1. The summed E-state index contributed by atoms with van der Waals surface area (Å²) in [4.78, 5) is 16.5. The van der Waals surface area contributed by atoms with Gasteiger partial charge in [-0.25, -0.2) is 0 Å². The number of benzene rings is 1. The van der Waals surface area contributed by atoms with E-state index in [1.807, 2.05) is 19.2 Å². The summed E-state index contributed by atoms with van der Waals surface area (Å²) in [6.45, 7) is 3.78. The van der Waals surface area contributed by atoms with Crippen LogP contribution in [-0.2, 0) is 4.79 Å². The lowest BCUT2D eigenvalue weighted by Crippen LogP contribution is -2.47. The van der Waals surface area contributed by atoms with E-state index in [0.29, 0.717) is 0 Å². The number of rotatable bonds is 1. The summed E-state index contributed by atoms with van der Waals surface area (Å²) in [5, 5.41) is 3.32. The molecule has 1 atom stereocenters. The van der Waals surface area contributed by atoms with Crippen molar-refractivity contribution in [2.75, 3.05) is 38.1 Å². The molecule has 3 rings (SSSR count). The first kappa shape index (κ1) is 12.1. The molecule has 1 amide bonds. The van der Waals surface area contributed by atoms with Gasteiger partial charge in [0, 0.05) is 49.0 Å². The van der Waals surface area contributed by atoms with Crippen molar-refractivity contribution in [2.45, 2.75) is 6.04 Å². The van der Waals surface area contributed by atoms with Crippen molar-refractivity contribution >= 4 is 27.5 Å². The second kappa shape index (κ2) is 4.64. The summed E-state index contributed by atoms with van der Waals surface area (Å²) in [6.07, 6.45) is 0. The second-order valence-corrected chi connectivity index (χ2v) is 5.70. The third-order valence-corrected chi connectivity index (χ3v) is 4.22. The van der Waals surface area contributed by atoms with E-state index < -0.39 is 0 Å². The molecule has 2 aliphatic heterocycles. The number of anilines is 1. The summed E-state index contributed by atoms with van der Waals surface area (Å²) in [5.74, 6) is 0.185. The molecule has 0 saturated carbocycles. The Hall–Kier alpha value is -0.910. The molecule has 0 spiro atoms. The van der Waals surface area contributed by atoms with Gasteiger partial charge in [-0.3, -0.25) is 9.69 Å². The fourth-order valence-corrected chi connectivity index (χ4v) is 3.12. The lowest BCUT2D eigenvalue weighted by atomic mass is 10.1. The third kappa shape index (κ3) is 1.86. The van der Waals surface area contributed by atoms with Crippen LogP contribution in [0, 0.1) is 0 Å². The fraction of sp³-hybridized carbons (Fsp3) is 0.462. The zero-order chi connectivity index (χ0) is 12.7. The van der Waals surface area contributed by atoms with Gasteiger partial charge in [-0.15, -0.1) is 0 Å². The summed E-state index contributed by atoms with van der Waals surface area (Å²) >= 11 is 3.47. The second-order valence-electron chi connectivity index (χ2n) is 4.79. The van der Waals surface area contributed by atoms with E-state index in [2.05, 4.69) is 32.2 Å². The summed E-state index contributed by atoms with van der Waals surface area (Å²) in [6, 6.07) is 6.00. The van der Waals surface area contributed by atoms with Crippen LogP contribution in [0.2, 0.25) is 0 Å². The molecule has 1 fully saturated rings. The van der Waals surface area contributed by atoms with Crippen LogP contribution in [0.1, 0.15) is 11.6 Å². The molecule has 4 nitrogen and oxygen atoms in total. The minimum Gasteiger partial charge on any atom is -0.314 e. The van der Waals surface area contributed by atoms with Crippen LogP contribution >= 0.6 is 15.9 Å². The molecule has 96 valence electrons. The number of halogens is 1. The number of fused-ring (bicyclic) bond motifs is 1. The van der Waals surface area contributed by atoms with Crippen molar-refractivity contribution in [1.82, 2.24) is 10.2 Å². The normalized spacial score (nSPS) is 24.4. The largest absolute Gasteiger partial charge is 0.314 e. The van der Waals surface area contributed by atoms with E-state index in [1.54, 1.807) is 4.90 Å². The standard InChI is InChI=1S/C13H16BrN3O/c1-16-11-8-9(14)2-3-10(11)12(13(16)18)17-6-4-15-5-7-17/h2-3,8,12,15H,4-7H2,1H3. The molecule has 0 aliphatic carbocycles. The van der Waals surface area contributed by atoms with Crippen LogP contribution in [0.5, 0.6) is 0 Å². The van der Waals surface area contributed by atoms with Gasteiger partial charge in [-0.1, -0.05) is 22.0 Å². The topological polar surface area (TPSA) is 35.6 Å². The molecule has 0 aromatic heterocycles. The maximum Gasteiger partial charge on any atom is 0.248 e. The number of carbonyl (C=O) groups excluding carboxylic acids is 1. The lowest BCUT2D eigenvalue weighted by Gasteiger charge is -2.31. The van der Waals surface area contributed by atoms with E-state index in [4.69, 9.17) is 0 Å². The Morgan fingerprint density at radius 3 is 2.78 bits per heavy atom. The first-order chi connectivity index (χ1) is 8.68. The number of hydrogen-bond donors (Lipinski definition) is 1. The summed E-state index contributed by atoms with van der Waals surface area (Å²) in [5.41, 5.74) is 2.16. The van der Waals surface area contributed by atoms with Crippen molar-refractivity contribution < 1.29 is 4.79 Å². The molecule has 2 heterocycles. The highest BCUT2D eigenvalue weighted by molar-refractivity contribution is 9.10. The third-order valence-electron chi connectivity index (χ3n) is 3.73. The number of amides is 1. The van der Waals surface area contributed by atoms with Crippen molar-refractivity contribution in [1.29, 1.82) is 0 Å². The number of piperazine rings is 1. The molecule has 18 heavy (non-hydrogen) atoms. The first-order valence-electron chi connectivity index (χ1n) is 6.20. The van der Waals surface area contributed by atoms with Crippen LogP contribution in [0.25, 0.3) is 0 Å². The minimum atomic E-state index is -0.0970. The molecular formula is C13H16BrN3O. The molecule has 2 aliphatic rings. The zero-order valence-electron chi connectivity index (χ0n) is 10.3. The molecule has 1 aromatic rings. The molecular weight excluding hydrogens is 294 g/mol. The quantitative estimate of drug-likeness (QED) is 0.851. The summed E-state index contributed by atoms with van der Waals surface area (Å²) < 4.78 is 1.02. The van der Waals surface area contributed by atoms with Crippen molar-refractivity contribution in [3.63, 3.8) is 0 Å². The molecule has 1 N–H and O–H groups in total. The van der Waals surface area contributed by atoms with Crippen LogP contribution in [0.15, 0.2) is 22.7 Å². The van der Waals surface area contributed by atoms with Gasteiger partial charge in [0.25, 0.3) is 0 Å². The van der Waals surface area contributed by atoms with Crippen LogP contribution in [-0.4, -0.2) is 44.0 Å². The van der Waals surface area contributed by atoms with Gasteiger partial charge in [0.1, 0.15) is 6.04 Å². The predicted molar refractivity (Wildman–Crippen MR) is 74.7 cm³/mol. The molecule has 1 unspecified atom stereocenters. The zero-order valence-corrected chi connectivity index (χ0v) is 11.9. The number of carbonyl (C=O) groups is 1. The molecule has 1 aromatic carbocycles. The molecule has 5 heteroatoms. The number of hydrogen-bond acceptors (Lipinski definition) is 3. The number of nitrogens with zero attached hydrogens (tertiary/aromatic N) is 2. The average Bonchev–Trinajstić information content (AvgIpc) is 2.64. The Labute approximate surface area is 115 Å². The van der Waals surface area contributed by atoms with Crippen LogP contribution in [0.3, 0.4) is 0 Å². The highest BCUT2D eigenvalue weighted by Gasteiger charge is 2.39. The molecule has 0 bridgehead atoms. The van der Waals surface area contributed by atoms with E-state index in [1.165, 1.54) is 0 Å². The van der Waals surface area contributed by atoms with Crippen molar-refractivity contribution in [3.8, 4) is 0 Å². The molecule has 1 saturated heterocycles. The summed E-state index contributed by atoms with van der Waals surface area (Å²) in [7, 11) is 1.86. The predicted octanol–water partition coefficient (Wildman–Crippen LogP) is 1.37. The Morgan fingerprint density at radius 2 is 2.06 bits per heavy atom. The van der Waals surface area contributed by atoms with Gasteiger partial charge in [0.2, 0.25) is 5.91 Å². The van der Waals surface area contributed by atoms with Gasteiger partial charge >= 0.3 is 0 Å². The van der Waals surface area contributed by atoms with Crippen molar-refractivity contribution in [2.24, 2.45) is 0 Å². The highest BCUT2D eigenvalue weighted by atomic mass is 79.9. The first-order valence-corrected chi connectivity index (χ1v) is 6.99. The van der Waals surface area contributed by atoms with Gasteiger partial charge in [-0.05, 0) is 12.1 Å². The average molecular weight is 310 g/mol. The lowest BCUT2D eigenvalue weighted by molar-refractivity contribution is -0.123. The Morgan fingerprint density at radius 1 is 1.33 bits per heavy atom. The van der Waals surface area contributed by atoms with Gasteiger partial charge in [0.05, 0.1) is 0 Å².